The van der Waals surface area contributed by atoms with Gasteiger partial charge in [0.1, 0.15) is 0 Å². The van der Waals surface area contributed by atoms with Gasteiger partial charge in [-0.3, -0.25) is 4.79 Å². The molecule has 0 spiro atoms. The van der Waals surface area contributed by atoms with Gasteiger partial charge in [-0.25, -0.2) is 8.42 Å². The van der Waals surface area contributed by atoms with E-state index >= 15 is 0 Å². The van der Waals surface area contributed by atoms with Crippen LogP contribution >= 0.6 is 23.2 Å². The van der Waals surface area contributed by atoms with Crippen LogP contribution in [0.4, 0.5) is 5.69 Å². The smallest absolute Gasteiger partial charge is 0.255 e. The van der Waals surface area contributed by atoms with Gasteiger partial charge in [0, 0.05) is 18.7 Å². The average Bonchev–Trinajstić information content (AvgIpc) is 2.76. The standard InChI is InChI=1S/C22H18Cl2N2O3S/c23-19-9-4-10-20(21(19)24)25-22(27)16-7-3-8-18(13-16)30(28,29)26-12-11-15-5-1-2-6-17(15)14-26/h1-10,13H,11-12,14H2,(H,25,27). The van der Waals surface area contributed by atoms with Crippen molar-refractivity contribution in [3.05, 3.63) is 93.5 Å². The van der Waals surface area contributed by atoms with Crippen molar-refractivity contribution in [3.63, 3.8) is 0 Å². The number of rotatable bonds is 4. The van der Waals surface area contributed by atoms with Crippen molar-refractivity contribution in [3.8, 4) is 0 Å². The lowest BCUT2D eigenvalue weighted by Crippen LogP contribution is -2.36. The molecular weight excluding hydrogens is 443 g/mol. The summed E-state index contributed by atoms with van der Waals surface area (Å²) in [5, 5.41) is 3.22. The molecule has 3 aromatic rings. The van der Waals surface area contributed by atoms with Crippen LogP contribution in [-0.4, -0.2) is 25.2 Å². The third-order valence-electron chi connectivity index (χ3n) is 5.03. The Morgan fingerprint density at radius 1 is 0.933 bits per heavy atom. The second-order valence-corrected chi connectivity index (χ2v) is 9.66. The fourth-order valence-corrected chi connectivity index (χ4v) is 5.23. The molecule has 0 aliphatic carbocycles. The van der Waals surface area contributed by atoms with Gasteiger partial charge in [0.2, 0.25) is 10.0 Å². The monoisotopic (exact) mass is 460 g/mol. The van der Waals surface area contributed by atoms with Crippen molar-refractivity contribution >= 4 is 44.8 Å². The third-order valence-corrected chi connectivity index (χ3v) is 7.69. The minimum Gasteiger partial charge on any atom is -0.321 e. The van der Waals surface area contributed by atoms with E-state index in [-0.39, 0.29) is 15.5 Å². The average molecular weight is 461 g/mol. The lowest BCUT2D eigenvalue weighted by atomic mass is 10.0. The van der Waals surface area contributed by atoms with Crippen LogP contribution < -0.4 is 5.32 Å². The van der Waals surface area contributed by atoms with E-state index < -0.39 is 15.9 Å². The third kappa shape index (κ3) is 4.09. The SMILES string of the molecule is O=C(Nc1cccc(Cl)c1Cl)c1cccc(S(=O)(=O)N2CCc3ccccc3C2)c1. The van der Waals surface area contributed by atoms with Gasteiger partial charge in [-0.05, 0) is 47.9 Å². The summed E-state index contributed by atoms with van der Waals surface area (Å²) < 4.78 is 27.8. The molecule has 5 nitrogen and oxygen atoms in total. The highest BCUT2D eigenvalue weighted by molar-refractivity contribution is 7.89. The Bertz CT molecular complexity index is 1230. The number of sulfonamides is 1. The number of anilines is 1. The summed E-state index contributed by atoms with van der Waals surface area (Å²) in [4.78, 5) is 12.8. The van der Waals surface area contributed by atoms with Gasteiger partial charge in [0.25, 0.3) is 5.91 Å². The molecule has 154 valence electrons. The maximum Gasteiger partial charge on any atom is 0.255 e. The van der Waals surface area contributed by atoms with Gasteiger partial charge >= 0.3 is 0 Å². The van der Waals surface area contributed by atoms with E-state index in [9.17, 15) is 13.2 Å². The molecule has 0 atom stereocenters. The minimum absolute atomic E-state index is 0.0757. The van der Waals surface area contributed by atoms with Gasteiger partial charge in [-0.1, -0.05) is 59.6 Å². The summed E-state index contributed by atoms with van der Waals surface area (Å²) in [6, 6.07) is 18.7. The first-order valence-electron chi connectivity index (χ1n) is 9.28. The Kier molecular flexibility index (Phi) is 5.84. The van der Waals surface area contributed by atoms with Gasteiger partial charge in [-0.15, -0.1) is 0 Å². The molecular formula is C22H18Cl2N2O3S. The second-order valence-electron chi connectivity index (χ2n) is 6.94. The lowest BCUT2D eigenvalue weighted by molar-refractivity contribution is 0.102. The number of carbonyl (C=O) groups excluding carboxylic acids is 1. The largest absolute Gasteiger partial charge is 0.321 e. The first-order chi connectivity index (χ1) is 14.4. The molecule has 0 unspecified atom stereocenters. The Labute approximate surface area is 185 Å². The van der Waals surface area contributed by atoms with Crippen molar-refractivity contribution < 1.29 is 13.2 Å². The second kappa shape index (κ2) is 8.40. The van der Waals surface area contributed by atoms with E-state index in [4.69, 9.17) is 23.2 Å². The topological polar surface area (TPSA) is 66.5 Å². The van der Waals surface area contributed by atoms with Crippen molar-refractivity contribution in [2.75, 3.05) is 11.9 Å². The van der Waals surface area contributed by atoms with E-state index in [1.54, 1.807) is 30.3 Å². The molecule has 30 heavy (non-hydrogen) atoms. The zero-order valence-corrected chi connectivity index (χ0v) is 18.1. The molecule has 1 heterocycles. The summed E-state index contributed by atoms with van der Waals surface area (Å²) in [6.45, 7) is 0.709. The number of fused-ring (bicyclic) bond motifs is 1. The molecule has 0 bridgehead atoms. The fourth-order valence-electron chi connectivity index (χ4n) is 3.42. The number of amides is 1. The normalized spacial score (nSPS) is 14.2. The predicted molar refractivity (Wildman–Crippen MR) is 119 cm³/mol. The number of hydrogen-bond acceptors (Lipinski definition) is 3. The minimum atomic E-state index is -3.74. The number of nitrogens with zero attached hydrogens (tertiary/aromatic N) is 1. The molecule has 0 saturated carbocycles. The van der Waals surface area contributed by atoms with E-state index in [0.29, 0.717) is 30.2 Å². The van der Waals surface area contributed by atoms with Gasteiger partial charge < -0.3 is 5.32 Å². The van der Waals surface area contributed by atoms with Crippen molar-refractivity contribution in [1.29, 1.82) is 0 Å². The Morgan fingerprint density at radius 3 is 2.47 bits per heavy atom. The number of nitrogens with one attached hydrogen (secondary N) is 1. The van der Waals surface area contributed by atoms with E-state index in [2.05, 4.69) is 5.32 Å². The van der Waals surface area contributed by atoms with Crippen molar-refractivity contribution in [2.24, 2.45) is 0 Å². The maximum absolute atomic E-state index is 13.2. The van der Waals surface area contributed by atoms with Crippen LogP contribution in [0.2, 0.25) is 10.0 Å². The molecule has 8 heteroatoms. The quantitative estimate of drug-likeness (QED) is 0.595. The van der Waals surface area contributed by atoms with Crippen molar-refractivity contribution in [1.82, 2.24) is 4.31 Å². The molecule has 0 saturated heterocycles. The predicted octanol–water partition coefficient (Wildman–Crippen LogP) is 4.99. The molecule has 1 amide bonds. The van der Waals surface area contributed by atoms with Crippen LogP contribution in [0.5, 0.6) is 0 Å². The van der Waals surface area contributed by atoms with Crippen LogP contribution in [0.1, 0.15) is 21.5 Å². The Hall–Kier alpha value is -2.38. The highest BCUT2D eigenvalue weighted by Crippen LogP contribution is 2.30. The molecule has 1 N–H and O–H groups in total. The highest BCUT2D eigenvalue weighted by atomic mass is 35.5. The molecule has 1 aliphatic rings. The molecule has 3 aromatic carbocycles. The van der Waals surface area contributed by atoms with Crippen LogP contribution in [-0.2, 0) is 23.0 Å². The Balaban J connectivity index is 1.58. The molecule has 1 aliphatic heterocycles. The first kappa shape index (κ1) is 20.9. The molecule has 0 fully saturated rings. The first-order valence-corrected chi connectivity index (χ1v) is 11.5. The van der Waals surface area contributed by atoms with E-state index in [0.717, 1.165) is 11.1 Å². The summed E-state index contributed by atoms with van der Waals surface area (Å²) in [5.41, 5.74) is 2.73. The fraction of sp³-hybridized carbons (Fsp3) is 0.136. The summed E-state index contributed by atoms with van der Waals surface area (Å²) in [5.74, 6) is -0.472. The zero-order valence-electron chi connectivity index (χ0n) is 15.8. The van der Waals surface area contributed by atoms with Crippen LogP contribution in [0.3, 0.4) is 0 Å². The lowest BCUT2D eigenvalue weighted by Gasteiger charge is -2.28. The van der Waals surface area contributed by atoms with Gasteiger partial charge in [0.05, 0.1) is 20.6 Å². The van der Waals surface area contributed by atoms with Crippen LogP contribution in [0, 0.1) is 0 Å². The van der Waals surface area contributed by atoms with E-state index in [1.165, 1.54) is 16.4 Å². The van der Waals surface area contributed by atoms with E-state index in [1.807, 2.05) is 24.3 Å². The van der Waals surface area contributed by atoms with Crippen molar-refractivity contribution in [2.45, 2.75) is 17.9 Å². The number of hydrogen-bond donors (Lipinski definition) is 1. The zero-order chi connectivity index (χ0) is 21.3. The van der Waals surface area contributed by atoms with Gasteiger partial charge in [-0.2, -0.15) is 4.31 Å². The number of benzene rings is 3. The molecule has 4 rings (SSSR count). The summed E-state index contributed by atoms with van der Waals surface area (Å²) >= 11 is 12.1. The molecule has 0 radical (unpaired) electrons. The molecule has 0 aromatic heterocycles. The maximum atomic E-state index is 13.2. The highest BCUT2D eigenvalue weighted by Gasteiger charge is 2.28. The number of carbonyl (C=O) groups is 1. The summed E-state index contributed by atoms with van der Waals surface area (Å²) in [7, 11) is -3.74. The Morgan fingerprint density at radius 2 is 1.67 bits per heavy atom. The van der Waals surface area contributed by atoms with Gasteiger partial charge in [0.15, 0.2) is 0 Å². The van der Waals surface area contributed by atoms with Crippen LogP contribution in [0.25, 0.3) is 0 Å². The van der Waals surface area contributed by atoms with Crippen LogP contribution in [0.15, 0.2) is 71.6 Å². The number of halogens is 2. The summed E-state index contributed by atoms with van der Waals surface area (Å²) in [6.07, 6.45) is 0.656.